The number of anilines is 1. The van der Waals surface area contributed by atoms with E-state index in [-0.39, 0.29) is 29.1 Å². The number of amides is 1. The number of pyridine rings is 1. The fourth-order valence-electron chi connectivity index (χ4n) is 4.17. The van der Waals surface area contributed by atoms with Gasteiger partial charge < -0.3 is 24.0 Å². The molecule has 0 spiro atoms. The number of hydrogen-bond donors (Lipinski definition) is 0. The van der Waals surface area contributed by atoms with E-state index in [1.807, 2.05) is 39.5 Å². The third-order valence-electron chi connectivity index (χ3n) is 5.77. The summed E-state index contributed by atoms with van der Waals surface area (Å²) >= 11 is 0. The van der Waals surface area contributed by atoms with Gasteiger partial charge in [0.1, 0.15) is 17.0 Å². The number of aromatic nitrogens is 1. The van der Waals surface area contributed by atoms with E-state index < -0.39 is 17.4 Å². The van der Waals surface area contributed by atoms with Crippen molar-refractivity contribution in [2.75, 3.05) is 38.3 Å². The predicted octanol–water partition coefficient (Wildman–Crippen LogP) is 4.91. The van der Waals surface area contributed by atoms with E-state index in [0.29, 0.717) is 43.9 Å². The number of esters is 1. The number of carbonyl (C=O) groups is 2. The third kappa shape index (κ3) is 5.83. The van der Waals surface area contributed by atoms with Gasteiger partial charge in [0.05, 0.1) is 19.4 Å². The van der Waals surface area contributed by atoms with E-state index in [2.05, 4.69) is 4.98 Å². The summed E-state index contributed by atoms with van der Waals surface area (Å²) in [4.78, 5) is 33.2. The zero-order valence-electron chi connectivity index (χ0n) is 21.3. The minimum Gasteiger partial charge on any atom is -0.478 e. The first-order valence-electron chi connectivity index (χ1n) is 11.8. The van der Waals surface area contributed by atoms with Crippen LogP contribution in [0.2, 0.25) is 0 Å². The monoisotopic (exact) mass is 487 g/mol. The van der Waals surface area contributed by atoms with Gasteiger partial charge in [0.15, 0.2) is 0 Å². The number of benzene rings is 1. The van der Waals surface area contributed by atoms with E-state index in [1.54, 1.807) is 35.4 Å². The summed E-state index contributed by atoms with van der Waals surface area (Å²) < 4.78 is 32.0. The van der Waals surface area contributed by atoms with Crippen LogP contribution in [0.5, 0.6) is 5.88 Å². The molecule has 1 atom stereocenters. The van der Waals surface area contributed by atoms with Gasteiger partial charge in [-0.05, 0) is 58.4 Å². The smallest absolute Gasteiger partial charge is 0.410 e. The average molecular weight is 488 g/mol. The Morgan fingerprint density at radius 2 is 1.89 bits per heavy atom. The first-order valence-corrected chi connectivity index (χ1v) is 11.8. The lowest BCUT2D eigenvalue weighted by atomic mass is 9.98. The second kappa shape index (κ2) is 10.9. The second-order valence-corrected chi connectivity index (χ2v) is 9.28. The van der Waals surface area contributed by atoms with Crippen molar-refractivity contribution < 1.29 is 28.2 Å². The molecule has 0 bridgehead atoms. The van der Waals surface area contributed by atoms with Crippen LogP contribution in [-0.4, -0.2) is 66.9 Å². The highest BCUT2D eigenvalue weighted by Gasteiger charge is 2.34. The number of piperazine rings is 1. The number of halogens is 1. The Morgan fingerprint density at radius 3 is 2.51 bits per heavy atom. The molecule has 2 heterocycles. The molecule has 35 heavy (non-hydrogen) atoms. The lowest BCUT2D eigenvalue weighted by molar-refractivity contribution is 0.0212. The largest absolute Gasteiger partial charge is 0.478 e. The summed E-state index contributed by atoms with van der Waals surface area (Å²) in [5.41, 5.74) is 0.326. The van der Waals surface area contributed by atoms with Gasteiger partial charge in [-0.15, -0.1) is 0 Å². The van der Waals surface area contributed by atoms with Crippen molar-refractivity contribution in [2.24, 2.45) is 0 Å². The quantitative estimate of drug-likeness (QED) is 0.536. The van der Waals surface area contributed by atoms with Crippen LogP contribution in [0.4, 0.5) is 14.9 Å². The molecule has 1 aromatic heterocycles. The molecular weight excluding hydrogens is 453 g/mol. The standard InChI is InChI=1S/C26H34FN3O5/c1-7-17-16-29(25(32)35-26(3,4)5)14-15-30(17)20-12-11-18(22(27)21(20)24(31)33-6)19-10-9-13-28-23(19)34-8-2/h9-13,17H,7-8,14-16H2,1-6H3/t17-/m1/s1. The molecule has 0 unspecified atom stereocenters. The highest BCUT2D eigenvalue weighted by Crippen LogP contribution is 2.37. The molecule has 8 nitrogen and oxygen atoms in total. The molecule has 190 valence electrons. The topological polar surface area (TPSA) is 81.2 Å². The van der Waals surface area contributed by atoms with E-state index in [1.165, 1.54) is 7.11 Å². The van der Waals surface area contributed by atoms with Crippen LogP contribution >= 0.6 is 0 Å². The summed E-state index contributed by atoms with van der Waals surface area (Å²) in [6.07, 6.45) is 1.86. The Kier molecular flexibility index (Phi) is 8.19. The van der Waals surface area contributed by atoms with Gasteiger partial charge in [-0.1, -0.05) is 6.92 Å². The molecule has 1 aliphatic heterocycles. The van der Waals surface area contributed by atoms with E-state index >= 15 is 4.39 Å². The van der Waals surface area contributed by atoms with E-state index in [4.69, 9.17) is 14.2 Å². The van der Waals surface area contributed by atoms with Gasteiger partial charge in [-0.25, -0.2) is 19.0 Å². The summed E-state index contributed by atoms with van der Waals surface area (Å²) in [5, 5.41) is 0. The van der Waals surface area contributed by atoms with Crippen LogP contribution in [0.15, 0.2) is 30.5 Å². The molecule has 1 aliphatic rings. The normalized spacial score (nSPS) is 16.1. The number of rotatable bonds is 6. The maximum atomic E-state index is 16.0. The summed E-state index contributed by atoms with van der Waals surface area (Å²) in [5.74, 6) is -1.19. The van der Waals surface area contributed by atoms with Crippen molar-refractivity contribution in [3.63, 3.8) is 0 Å². The molecule has 1 amide bonds. The van der Waals surface area contributed by atoms with E-state index in [9.17, 15) is 9.59 Å². The number of nitrogens with zero attached hydrogens (tertiary/aromatic N) is 3. The van der Waals surface area contributed by atoms with Crippen LogP contribution in [-0.2, 0) is 9.47 Å². The number of methoxy groups -OCH3 is 1. The van der Waals surface area contributed by atoms with Crippen LogP contribution in [0.25, 0.3) is 11.1 Å². The molecular formula is C26H34FN3O5. The molecule has 1 aromatic carbocycles. The minimum atomic E-state index is -0.773. The van der Waals surface area contributed by atoms with Gasteiger partial charge in [0.25, 0.3) is 0 Å². The summed E-state index contributed by atoms with van der Waals surface area (Å²) in [6.45, 7) is 10.8. The fourth-order valence-corrected chi connectivity index (χ4v) is 4.17. The van der Waals surface area contributed by atoms with Gasteiger partial charge in [-0.3, -0.25) is 0 Å². The third-order valence-corrected chi connectivity index (χ3v) is 5.77. The molecule has 0 radical (unpaired) electrons. The lowest BCUT2D eigenvalue weighted by Gasteiger charge is -2.43. The molecule has 0 N–H and O–H groups in total. The molecule has 9 heteroatoms. The van der Waals surface area contributed by atoms with Crippen molar-refractivity contribution in [3.05, 3.63) is 41.8 Å². The molecule has 1 saturated heterocycles. The Bertz CT molecular complexity index is 1070. The molecule has 1 fully saturated rings. The van der Waals surface area contributed by atoms with Gasteiger partial charge in [0, 0.05) is 43.0 Å². The van der Waals surface area contributed by atoms with Crippen molar-refractivity contribution in [2.45, 2.75) is 52.7 Å². The van der Waals surface area contributed by atoms with Gasteiger partial charge in [0.2, 0.25) is 5.88 Å². The van der Waals surface area contributed by atoms with Crippen molar-refractivity contribution in [1.82, 2.24) is 9.88 Å². The highest BCUT2D eigenvalue weighted by molar-refractivity contribution is 5.98. The first-order chi connectivity index (χ1) is 16.6. The number of ether oxygens (including phenoxy) is 3. The van der Waals surface area contributed by atoms with Crippen LogP contribution in [0.3, 0.4) is 0 Å². The molecule has 0 aliphatic carbocycles. The van der Waals surface area contributed by atoms with Crippen molar-refractivity contribution in [1.29, 1.82) is 0 Å². The molecule has 2 aromatic rings. The average Bonchev–Trinajstić information content (AvgIpc) is 2.82. The van der Waals surface area contributed by atoms with Crippen LogP contribution in [0.1, 0.15) is 51.4 Å². The SMILES string of the molecule is CCOc1ncccc1-c1ccc(N2CCN(C(=O)OC(C)(C)C)C[C@H]2CC)c(C(=O)OC)c1F. The first kappa shape index (κ1) is 26.2. The Morgan fingerprint density at radius 1 is 1.14 bits per heavy atom. The Hall–Kier alpha value is -3.36. The highest BCUT2D eigenvalue weighted by atomic mass is 19.1. The Balaban J connectivity index is 2.00. The zero-order valence-corrected chi connectivity index (χ0v) is 21.3. The Labute approximate surface area is 206 Å². The van der Waals surface area contributed by atoms with Gasteiger partial charge in [-0.2, -0.15) is 0 Å². The number of hydrogen-bond acceptors (Lipinski definition) is 7. The molecule has 3 rings (SSSR count). The number of carbonyl (C=O) groups excluding carboxylic acids is 2. The van der Waals surface area contributed by atoms with Crippen molar-refractivity contribution >= 4 is 17.7 Å². The van der Waals surface area contributed by atoms with Crippen LogP contribution < -0.4 is 9.64 Å². The second-order valence-electron chi connectivity index (χ2n) is 9.28. The summed E-state index contributed by atoms with van der Waals surface area (Å²) in [6, 6.07) is 6.60. The zero-order chi connectivity index (χ0) is 25.8. The van der Waals surface area contributed by atoms with E-state index in [0.717, 1.165) is 0 Å². The van der Waals surface area contributed by atoms with Crippen LogP contribution in [0, 0.1) is 5.82 Å². The summed E-state index contributed by atoms with van der Waals surface area (Å²) in [7, 11) is 1.23. The lowest BCUT2D eigenvalue weighted by Crippen LogP contribution is -2.55. The van der Waals surface area contributed by atoms with Gasteiger partial charge >= 0.3 is 12.1 Å². The fraction of sp³-hybridized carbons (Fsp3) is 0.500. The maximum Gasteiger partial charge on any atom is 0.410 e. The molecule has 0 saturated carbocycles. The van der Waals surface area contributed by atoms with Crippen molar-refractivity contribution in [3.8, 4) is 17.0 Å². The minimum absolute atomic E-state index is 0.137. The predicted molar refractivity (Wildman–Crippen MR) is 131 cm³/mol. The maximum absolute atomic E-state index is 16.0.